The summed E-state index contributed by atoms with van der Waals surface area (Å²) in [6.45, 7) is 1.86. The number of hydrogen-bond acceptors (Lipinski definition) is 3. The highest BCUT2D eigenvalue weighted by atomic mass is 16.5. The second-order valence-electron chi connectivity index (χ2n) is 3.84. The number of methoxy groups -OCH3 is 1. The number of hydrogen-bond donors (Lipinski definition) is 0. The van der Waals surface area contributed by atoms with Crippen molar-refractivity contribution >= 4 is 5.91 Å². The predicted molar refractivity (Wildman–Crippen MR) is 64.3 cm³/mol. The molecule has 4 nitrogen and oxygen atoms in total. The summed E-state index contributed by atoms with van der Waals surface area (Å²) in [7, 11) is 1.62. The molecule has 1 aromatic heterocycles. The second kappa shape index (κ2) is 4.82. The Balaban J connectivity index is 2.07. The van der Waals surface area contributed by atoms with Gasteiger partial charge in [0.2, 0.25) is 5.91 Å². The van der Waals surface area contributed by atoms with Gasteiger partial charge in [-0.3, -0.25) is 9.36 Å². The maximum atomic E-state index is 11.9. The summed E-state index contributed by atoms with van der Waals surface area (Å²) in [6, 6.07) is 7.48. The number of rotatable bonds is 3. The molecule has 0 amide bonds. The quantitative estimate of drug-likeness (QED) is 0.810. The van der Waals surface area contributed by atoms with E-state index in [0.717, 1.165) is 17.0 Å². The van der Waals surface area contributed by atoms with Crippen LogP contribution in [0.4, 0.5) is 0 Å². The van der Waals surface area contributed by atoms with Crippen LogP contribution in [0.2, 0.25) is 0 Å². The van der Waals surface area contributed by atoms with Gasteiger partial charge in [-0.05, 0) is 24.6 Å². The maximum absolute atomic E-state index is 11.9. The first-order chi connectivity index (χ1) is 8.19. The first-order valence-corrected chi connectivity index (χ1v) is 5.36. The van der Waals surface area contributed by atoms with Gasteiger partial charge in [-0.1, -0.05) is 12.1 Å². The van der Waals surface area contributed by atoms with Crippen molar-refractivity contribution in [1.82, 2.24) is 9.55 Å². The number of ether oxygens (including phenoxy) is 1. The molecule has 0 N–H and O–H groups in total. The van der Waals surface area contributed by atoms with Gasteiger partial charge in [0.25, 0.3) is 0 Å². The number of aromatic nitrogens is 2. The molecule has 0 aliphatic carbocycles. The molecular formula is C13H14N2O2. The zero-order chi connectivity index (χ0) is 12.3. The molecule has 0 unspecified atom stereocenters. The second-order valence-corrected chi connectivity index (χ2v) is 3.84. The lowest BCUT2D eigenvalue weighted by Crippen LogP contribution is -2.11. The lowest BCUT2D eigenvalue weighted by molar-refractivity contribution is 0.0914. The number of carbonyl (C=O) groups is 1. The minimum atomic E-state index is 0.00997. The van der Waals surface area contributed by atoms with E-state index in [1.165, 1.54) is 4.57 Å². The summed E-state index contributed by atoms with van der Waals surface area (Å²) in [5.41, 5.74) is 1.80. The standard InChI is InChI=1S/C13H14N2O2/c1-10-8-15(9-14-10)13(16)7-11-3-5-12(17-2)6-4-11/h3-6,8-9H,7H2,1-2H3. The zero-order valence-corrected chi connectivity index (χ0v) is 9.88. The molecule has 0 saturated heterocycles. The number of imidazole rings is 1. The average Bonchev–Trinajstić information content (AvgIpc) is 2.77. The van der Waals surface area contributed by atoms with Crippen molar-refractivity contribution < 1.29 is 9.53 Å². The van der Waals surface area contributed by atoms with Crippen molar-refractivity contribution in [3.8, 4) is 5.75 Å². The summed E-state index contributed by atoms with van der Waals surface area (Å²) in [5, 5.41) is 0. The Hall–Kier alpha value is -2.10. The van der Waals surface area contributed by atoms with E-state index in [1.807, 2.05) is 31.2 Å². The molecule has 88 valence electrons. The van der Waals surface area contributed by atoms with Gasteiger partial charge in [-0.15, -0.1) is 0 Å². The molecule has 0 bridgehead atoms. The molecule has 0 atom stereocenters. The molecule has 0 radical (unpaired) electrons. The molecule has 0 spiro atoms. The van der Waals surface area contributed by atoms with Crippen LogP contribution in [0.25, 0.3) is 0 Å². The molecule has 17 heavy (non-hydrogen) atoms. The van der Waals surface area contributed by atoms with Crippen LogP contribution in [0.3, 0.4) is 0 Å². The van der Waals surface area contributed by atoms with Crippen LogP contribution in [0.15, 0.2) is 36.8 Å². The molecule has 1 aromatic carbocycles. The van der Waals surface area contributed by atoms with Crippen molar-refractivity contribution in [3.05, 3.63) is 48.0 Å². The smallest absolute Gasteiger partial charge is 0.236 e. The Morgan fingerprint density at radius 2 is 2.06 bits per heavy atom. The van der Waals surface area contributed by atoms with E-state index in [2.05, 4.69) is 4.98 Å². The average molecular weight is 230 g/mol. The Bertz CT molecular complexity index is 514. The van der Waals surface area contributed by atoms with Crippen molar-refractivity contribution in [2.24, 2.45) is 0 Å². The molecule has 0 aliphatic heterocycles. The van der Waals surface area contributed by atoms with Crippen molar-refractivity contribution in [2.45, 2.75) is 13.3 Å². The van der Waals surface area contributed by atoms with Crippen molar-refractivity contribution in [3.63, 3.8) is 0 Å². The molecule has 1 heterocycles. The maximum Gasteiger partial charge on any atom is 0.236 e. The summed E-state index contributed by atoms with van der Waals surface area (Å²) in [4.78, 5) is 15.9. The summed E-state index contributed by atoms with van der Waals surface area (Å²) >= 11 is 0. The molecule has 2 rings (SSSR count). The lowest BCUT2D eigenvalue weighted by Gasteiger charge is -2.03. The fourth-order valence-corrected chi connectivity index (χ4v) is 1.57. The fraction of sp³-hybridized carbons (Fsp3) is 0.231. The highest BCUT2D eigenvalue weighted by molar-refractivity contribution is 5.81. The van der Waals surface area contributed by atoms with Crippen LogP contribution in [-0.2, 0) is 6.42 Å². The van der Waals surface area contributed by atoms with Crippen LogP contribution < -0.4 is 4.74 Å². The minimum absolute atomic E-state index is 0.00997. The SMILES string of the molecule is COc1ccc(CC(=O)n2cnc(C)c2)cc1. The Kier molecular flexibility index (Phi) is 3.23. The van der Waals surface area contributed by atoms with Gasteiger partial charge >= 0.3 is 0 Å². The number of benzene rings is 1. The van der Waals surface area contributed by atoms with E-state index in [1.54, 1.807) is 19.6 Å². The van der Waals surface area contributed by atoms with Crippen LogP contribution in [-0.4, -0.2) is 22.6 Å². The minimum Gasteiger partial charge on any atom is -0.497 e. The molecule has 4 heteroatoms. The topological polar surface area (TPSA) is 44.1 Å². The number of nitrogens with zero attached hydrogens (tertiary/aromatic N) is 2. The lowest BCUT2D eigenvalue weighted by atomic mass is 10.1. The van der Waals surface area contributed by atoms with E-state index in [4.69, 9.17) is 4.74 Å². The number of aryl methyl sites for hydroxylation is 1. The fourth-order valence-electron chi connectivity index (χ4n) is 1.57. The normalized spacial score (nSPS) is 10.2. The van der Waals surface area contributed by atoms with Crippen molar-refractivity contribution in [1.29, 1.82) is 0 Å². The highest BCUT2D eigenvalue weighted by Gasteiger charge is 2.06. The van der Waals surface area contributed by atoms with Gasteiger partial charge in [0.1, 0.15) is 12.1 Å². The first-order valence-electron chi connectivity index (χ1n) is 5.36. The highest BCUT2D eigenvalue weighted by Crippen LogP contribution is 2.12. The Morgan fingerprint density at radius 1 is 1.35 bits per heavy atom. The monoisotopic (exact) mass is 230 g/mol. The molecule has 2 aromatic rings. The Morgan fingerprint density at radius 3 is 2.59 bits per heavy atom. The van der Waals surface area contributed by atoms with Gasteiger partial charge < -0.3 is 4.74 Å². The third-order valence-electron chi connectivity index (χ3n) is 2.51. The predicted octanol–water partition coefficient (Wildman–Crippen LogP) is 2.08. The van der Waals surface area contributed by atoms with Crippen molar-refractivity contribution in [2.75, 3.05) is 7.11 Å². The largest absolute Gasteiger partial charge is 0.497 e. The zero-order valence-electron chi connectivity index (χ0n) is 9.88. The van der Waals surface area contributed by atoms with Crippen LogP contribution in [0, 0.1) is 6.92 Å². The van der Waals surface area contributed by atoms with E-state index in [0.29, 0.717) is 6.42 Å². The van der Waals surface area contributed by atoms with E-state index in [-0.39, 0.29) is 5.91 Å². The Labute approximate surface area is 99.9 Å². The third kappa shape index (κ3) is 2.72. The molecule has 0 fully saturated rings. The van der Waals surface area contributed by atoms with Crippen LogP contribution >= 0.6 is 0 Å². The summed E-state index contributed by atoms with van der Waals surface area (Å²) in [6.07, 6.45) is 3.63. The van der Waals surface area contributed by atoms with E-state index < -0.39 is 0 Å². The van der Waals surface area contributed by atoms with Gasteiger partial charge in [0.15, 0.2) is 0 Å². The van der Waals surface area contributed by atoms with E-state index >= 15 is 0 Å². The third-order valence-corrected chi connectivity index (χ3v) is 2.51. The van der Waals surface area contributed by atoms with Gasteiger partial charge in [0, 0.05) is 6.20 Å². The first kappa shape index (κ1) is 11.4. The molecule has 0 aliphatic rings. The van der Waals surface area contributed by atoms with Gasteiger partial charge in [-0.25, -0.2) is 4.98 Å². The van der Waals surface area contributed by atoms with Crippen LogP contribution in [0.1, 0.15) is 16.1 Å². The van der Waals surface area contributed by atoms with Gasteiger partial charge in [-0.2, -0.15) is 0 Å². The summed E-state index contributed by atoms with van der Waals surface area (Å²) < 4.78 is 6.58. The molecular weight excluding hydrogens is 216 g/mol. The molecule has 0 saturated carbocycles. The summed E-state index contributed by atoms with van der Waals surface area (Å²) in [5.74, 6) is 0.801. The van der Waals surface area contributed by atoms with Crippen LogP contribution in [0.5, 0.6) is 5.75 Å². The van der Waals surface area contributed by atoms with Gasteiger partial charge in [0.05, 0.1) is 19.2 Å². The number of carbonyl (C=O) groups excluding carboxylic acids is 1. The van der Waals surface area contributed by atoms with E-state index in [9.17, 15) is 4.79 Å².